The summed E-state index contributed by atoms with van der Waals surface area (Å²) in [4.78, 5) is 16.4. The second-order valence-electron chi connectivity index (χ2n) is 7.45. The summed E-state index contributed by atoms with van der Waals surface area (Å²) in [6.45, 7) is 5.99. The van der Waals surface area contributed by atoms with E-state index < -0.39 is 22.8 Å². The number of alkyl halides is 3. The van der Waals surface area contributed by atoms with Gasteiger partial charge in [-0.15, -0.1) is 0 Å². The number of aryl methyl sites for hydroxylation is 1. The van der Waals surface area contributed by atoms with Crippen LogP contribution in [0.15, 0.2) is 54.9 Å². The van der Waals surface area contributed by atoms with Crippen LogP contribution in [0.3, 0.4) is 0 Å². The lowest BCUT2D eigenvalue weighted by molar-refractivity contribution is -0.137. The molecule has 1 saturated heterocycles. The number of amides is 1. The van der Waals surface area contributed by atoms with E-state index in [1.807, 2.05) is 36.1 Å². The van der Waals surface area contributed by atoms with Crippen LogP contribution in [0.4, 0.5) is 24.5 Å². The van der Waals surface area contributed by atoms with Crippen LogP contribution < -0.4 is 9.80 Å². The zero-order chi connectivity index (χ0) is 21.0. The highest BCUT2D eigenvalue weighted by atomic mass is 19.4. The Morgan fingerprint density at radius 3 is 2.24 bits per heavy atom. The Bertz CT molecular complexity index is 1050. The molecule has 2 aliphatic rings. The molecule has 7 heteroatoms. The second kappa shape index (κ2) is 6.38. The Morgan fingerprint density at radius 2 is 1.72 bits per heavy atom. The van der Waals surface area contributed by atoms with Crippen LogP contribution in [0, 0.1) is 18.3 Å². The topological polar surface area (TPSA) is 47.3 Å². The summed E-state index contributed by atoms with van der Waals surface area (Å²) in [5, 5.41) is 9.03. The minimum Gasteiger partial charge on any atom is -0.313 e. The van der Waals surface area contributed by atoms with Crippen LogP contribution in [-0.4, -0.2) is 11.4 Å². The summed E-state index contributed by atoms with van der Waals surface area (Å²) in [5.74, 6) is 0.0311. The first kappa shape index (κ1) is 19.1. The molecular weight excluding hydrogens is 379 g/mol. The molecule has 0 bridgehead atoms. The molecule has 0 unspecified atom stereocenters. The lowest BCUT2D eigenvalue weighted by Crippen LogP contribution is -2.54. The first-order valence-corrected chi connectivity index (χ1v) is 9.21. The molecule has 2 aromatic rings. The van der Waals surface area contributed by atoms with Crippen LogP contribution >= 0.6 is 0 Å². The molecule has 1 spiro atoms. The zero-order valence-electron chi connectivity index (χ0n) is 15.8. The molecule has 2 aromatic carbocycles. The van der Waals surface area contributed by atoms with Crippen molar-refractivity contribution in [3.8, 4) is 6.07 Å². The van der Waals surface area contributed by atoms with Gasteiger partial charge in [0, 0.05) is 5.69 Å². The first-order valence-electron chi connectivity index (χ1n) is 9.21. The Morgan fingerprint density at radius 1 is 1.10 bits per heavy atom. The highest BCUT2D eigenvalue weighted by Crippen LogP contribution is 2.50. The molecule has 0 aromatic heterocycles. The molecule has 4 nitrogen and oxygen atoms in total. The van der Waals surface area contributed by atoms with Gasteiger partial charge >= 0.3 is 6.18 Å². The number of carbonyl (C=O) groups is 1. The van der Waals surface area contributed by atoms with Crippen molar-refractivity contribution in [3.05, 3.63) is 71.6 Å². The maximum atomic E-state index is 13.4. The lowest BCUT2D eigenvalue weighted by atomic mass is 9.75. The van der Waals surface area contributed by atoms with Crippen LogP contribution in [-0.2, 0) is 11.0 Å². The summed E-state index contributed by atoms with van der Waals surface area (Å²) < 4.78 is 40.3. The summed E-state index contributed by atoms with van der Waals surface area (Å²) in [6, 6.07) is 12.5. The van der Waals surface area contributed by atoms with Crippen molar-refractivity contribution in [1.29, 1.82) is 5.26 Å². The predicted octanol–water partition coefficient (Wildman–Crippen LogP) is 5.13. The van der Waals surface area contributed by atoms with Crippen LogP contribution in [0.2, 0.25) is 0 Å². The first-order chi connectivity index (χ1) is 13.7. The fourth-order valence-electron chi connectivity index (χ4n) is 4.08. The minimum absolute atomic E-state index is 0.0622. The monoisotopic (exact) mass is 397 g/mol. The predicted molar refractivity (Wildman–Crippen MR) is 103 cm³/mol. The van der Waals surface area contributed by atoms with Gasteiger partial charge in [0.15, 0.2) is 0 Å². The average Bonchev–Trinajstić information content (AvgIpc) is 2.88. The lowest BCUT2D eigenvalue weighted by Gasteiger charge is -2.43. The van der Waals surface area contributed by atoms with Crippen molar-refractivity contribution >= 4 is 17.3 Å². The van der Waals surface area contributed by atoms with Crippen molar-refractivity contribution in [1.82, 2.24) is 0 Å². The standard InChI is InChI=1S/C22H18F3N3O/c1-14-4-7-17(8-5-14)28-15(2)27(20(29)21(28)10-3-11-21)18-9-6-16(13-26)19(12-18)22(23,24)25/h4-9,12H,2-3,10-11H2,1H3. The maximum Gasteiger partial charge on any atom is 0.417 e. The van der Waals surface area contributed by atoms with E-state index in [2.05, 4.69) is 6.58 Å². The molecule has 1 aliphatic heterocycles. The van der Waals surface area contributed by atoms with Crippen molar-refractivity contribution < 1.29 is 18.0 Å². The third kappa shape index (κ3) is 2.79. The summed E-state index contributed by atoms with van der Waals surface area (Å²) >= 11 is 0. The van der Waals surface area contributed by atoms with E-state index in [9.17, 15) is 18.0 Å². The molecular formula is C22H18F3N3O. The molecule has 0 radical (unpaired) electrons. The highest BCUT2D eigenvalue weighted by Gasteiger charge is 2.58. The number of benzene rings is 2. The molecule has 1 amide bonds. The Kier molecular flexibility index (Phi) is 4.19. The molecule has 148 valence electrons. The summed E-state index contributed by atoms with van der Waals surface area (Å²) in [6.07, 6.45) is -2.62. The number of nitriles is 1. The van der Waals surface area contributed by atoms with Crippen LogP contribution in [0.1, 0.15) is 36.0 Å². The Hall–Kier alpha value is -3.27. The number of nitrogens with zero attached hydrogens (tertiary/aromatic N) is 3. The van der Waals surface area contributed by atoms with Gasteiger partial charge in [0.1, 0.15) is 11.4 Å². The second-order valence-corrected chi connectivity index (χ2v) is 7.45. The van der Waals surface area contributed by atoms with Crippen molar-refractivity contribution in [2.75, 3.05) is 9.80 Å². The number of halogens is 3. The molecule has 1 heterocycles. The summed E-state index contributed by atoms with van der Waals surface area (Å²) in [5.41, 5.74) is -0.459. The van der Waals surface area contributed by atoms with E-state index in [0.29, 0.717) is 18.7 Å². The van der Waals surface area contributed by atoms with Gasteiger partial charge in [0.2, 0.25) is 0 Å². The van der Waals surface area contributed by atoms with Crippen LogP contribution in [0.5, 0.6) is 0 Å². The fourth-order valence-corrected chi connectivity index (χ4v) is 4.08. The molecule has 4 rings (SSSR count). The molecule has 0 atom stereocenters. The van der Waals surface area contributed by atoms with E-state index in [0.717, 1.165) is 29.8 Å². The van der Waals surface area contributed by atoms with E-state index in [-0.39, 0.29) is 11.6 Å². The quantitative estimate of drug-likeness (QED) is 0.706. The van der Waals surface area contributed by atoms with Gasteiger partial charge in [-0.25, -0.2) is 0 Å². The van der Waals surface area contributed by atoms with E-state index in [1.54, 1.807) is 6.07 Å². The fraction of sp³-hybridized carbons (Fsp3) is 0.273. The highest BCUT2D eigenvalue weighted by molar-refractivity contribution is 6.10. The minimum atomic E-state index is -4.70. The van der Waals surface area contributed by atoms with Gasteiger partial charge in [0.05, 0.1) is 22.9 Å². The van der Waals surface area contributed by atoms with Crippen LogP contribution in [0.25, 0.3) is 0 Å². The number of hydrogen-bond acceptors (Lipinski definition) is 3. The number of anilines is 2. The largest absolute Gasteiger partial charge is 0.417 e. The van der Waals surface area contributed by atoms with E-state index in [4.69, 9.17) is 5.26 Å². The third-order valence-corrected chi connectivity index (χ3v) is 5.71. The smallest absolute Gasteiger partial charge is 0.313 e. The zero-order valence-corrected chi connectivity index (χ0v) is 15.8. The number of hydrogen-bond donors (Lipinski definition) is 0. The van der Waals surface area contributed by atoms with Gasteiger partial charge in [-0.05, 0) is 56.5 Å². The SMILES string of the molecule is C=C1N(c2ccc(C#N)c(C(F)(F)F)c2)C(=O)C2(CCC2)N1c1ccc(C)cc1. The van der Waals surface area contributed by atoms with Crippen molar-refractivity contribution in [2.45, 2.75) is 37.9 Å². The molecule has 1 aliphatic carbocycles. The van der Waals surface area contributed by atoms with Crippen molar-refractivity contribution in [3.63, 3.8) is 0 Å². The molecule has 2 fully saturated rings. The molecule has 29 heavy (non-hydrogen) atoms. The molecule has 0 N–H and O–H groups in total. The van der Waals surface area contributed by atoms with Gasteiger partial charge in [-0.2, -0.15) is 18.4 Å². The summed E-state index contributed by atoms with van der Waals surface area (Å²) in [7, 11) is 0. The van der Waals surface area contributed by atoms with E-state index in [1.165, 1.54) is 11.0 Å². The molecule has 1 saturated carbocycles. The van der Waals surface area contributed by atoms with Gasteiger partial charge in [-0.1, -0.05) is 24.3 Å². The third-order valence-electron chi connectivity index (χ3n) is 5.71. The number of carbonyl (C=O) groups excluding carboxylic acids is 1. The normalized spacial score (nSPS) is 18.2. The Balaban J connectivity index is 1.82. The maximum absolute atomic E-state index is 13.4. The van der Waals surface area contributed by atoms with Gasteiger partial charge in [-0.3, -0.25) is 9.69 Å². The van der Waals surface area contributed by atoms with Gasteiger partial charge in [0.25, 0.3) is 5.91 Å². The van der Waals surface area contributed by atoms with Crippen molar-refractivity contribution in [2.24, 2.45) is 0 Å². The Labute approximate surface area is 166 Å². The van der Waals surface area contributed by atoms with Gasteiger partial charge < -0.3 is 4.90 Å². The van der Waals surface area contributed by atoms with E-state index >= 15 is 0 Å². The number of rotatable bonds is 2. The average molecular weight is 397 g/mol.